The van der Waals surface area contributed by atoms with Gasteiger partial charge in [0.15, 0.2) is 5.82 Å². The molecule has 0 radical (unpaired) electrons. The Hall–Kier alpha value is -1.39. The van der Waals surface area contributed by atoms with Crippen LogP contribution in [0.25, 0.3) is 0 Å². The van der Waals surface area contributed by atoms with Gasteiger partial charge in [0.2, 0.25) is 11.8 Å². The molecule has 106 valence electrons. The van der Waals surface area contributed by atoms with Crippen molar-refractivity contribution in [3.63, 3.8) is 0 Å². The SMILES string of the molecule is CC(C)CC1(c2nc(C(C)(C)C)no2)CCNC1=O. The van der Waals surface area contributed by atoms with Gasteiger partial charge < -0.3 is 9.84 Å². The minimum Gasteiger partial charge on any atom is -0.355 e. The van der Waals surface area contributed by atoms with Gasteiger partial charge in [-0.2, -0.15) is 4.98 Å². The number of hydrogen-bond acceptors (Lipinski definition) is 4. The fourth-order valence-corrected chi connectivity index (χ4v) is 2.58. The molecule has 1 aliphatic rings. The Morgan fingerprint density at radius 2 is 2.11 bits per heavy atom. The zero-order valence-corrected chi connectivity index (χ0v) is 12.4. The molecule has 1 amide bonds. The first-order valence-electron chi connectivity index (χ1n) is 6.89. The summed E-state index contributed by atoms with van der Waals surface area (Å²) >= 11 is 0. The number of carbonyl (C=O) groups is 1. The van der Waals surface area contributed by atoms with Crippen LogP contribution in [0.2, 0.25) is 0 Å². The first-order chi connectivity index (χ1) is 8.75. The fourth-order valence-electron chi connectivity index (χ4n) is 2.58. The molecule has 2 rings (SSSR count). The molecular weight excluding hydrogens is 242 g/mol. The van der Waals surface area contributed by atoms with Crippen LogP contribution >= 0.6 is 0 Å². The molecule has 1 atom stereocenters. The Balaban J connectivity index is 2.39. The van der Waals surface area contributed by atoms with Crippen LogP contribution in [0.1, 0.15) is 59.2 Å². The molecule has 0 bridgehead atoms. The highest BCUT2D eigenvalue weighted by Crippen LogP contribution is 2.37. The van der Waals surface area contributed by atoms with Crippen molar-refractivity contribution in [2.45, 2.75) is 58.3 Å². The highest BCUT2D eigenvalue weighted by molar-refractivity contribution is 5.89. The van der Waals surface area contributed by atoms with Crippen molar-refractivity contribution >= 4 is 5.91 Å². The Morgan fingerprint density at radius 3 is 2.53 bits per heavy atom. The first-order valence-corrected chi connectivity index (χ1v) is 6.89. The zero-order chi connectivity index (χ0) is 14.3. The molecule has 1 fully saturated rings. The largest absolute Gasteiger partial charge is 0.355 e. The lowest BCUT2D eigenvalue weighted by Crippen LogP contribution is -2.37. The first kappa shape index (κ1) is 14.0. The summed E-state index contributed by atoms with van der Waals surface area (Å²) in [5, 5.41) is 6.95. The van der Waals surface area contributed by atoms with Gasteiger partial charge in [0.25, 0.3) is 0 Å². The van der Waals surface area contributed by atoms with Crippen LogP contribution in [-0.4, -0.2) is 22.6 Å². The van der Waals surface area contributed by atoms with Crippen LogP contribution in [0.15, 0.2) is 4.52 Å². The molecule has 19 heavy (non-hydrogen) atoms. The summed E-state index contributed by atoms with van der Waals surface area (Å²) in [5.41, 5.74) is -0.805. The molecule has 0 saturated carbocycles. The molecule has 1 aliphatic heterocycles. The molecule has 1 aromatic rings. The molecule has 5 nitrogen and oxygen atoms in total. The van der Waals surface area contributed by atoms with Gasteiger partial charge in [-0.05, 0) is 18.8 Å². The van der Waals surface area contributed by atoms with Gasteiger partial charge in [-0.3, -0.25) is 4.79 Å². The predicted molar refractivity (Wildman–Crippen MR) is 71.8 cm³/mol. The molecule has 1 N–H and O–H groups in total. The molecule has 2 heterocycles. The van der Waals surface area contributed by atoms with Crippen LogP contribution in [-0.2, 0) is 15.6 Å². The second-order valence-corrected chi connectivity index (χ2v) is 6.86. The van der Waals surface area contributed by atoms with Crippen molar-refractivity contribution in [3.05, 3.63) is 11.7 Å². The van der Waals surface area contributed by atoms with Crippen molar-refractivity contribution < 1.29 is 9.32 Å². The molecule has 1 saturated heterocycles. The topological polar surface area (TPSA) is 68.0 Å². The lowest BCUT2D eigenvalue weighted by atomic mass is 9.78. The molecule has 0 spiro atoms. The summed E-state index contributed by atoms with van der Waals surface area (Å²) in [7, 11) is 0. The molecule has 1 aromatic heterocycles. The van der Waals surface area contributed by atoms with Gasteiger partial charge in [0, 0.05) is 12.0 Å². The Labute approximate surface area is 114 Å². The van der Waals surface area contributed by atoms with E-state index in [-0.39, 0.29) is 11.3 Å². The van der Waals surface area contributed by atoms with Gasteiger partial charge in [-0.15, -0.1) is 0 Å². The van der Waals surface area contributed by atoms with E-state index >= 15 is 0 Å². The third-order valence-corrected chi connectivity index (χ3v) is 3.53. The minimum absolute atomic E-state index is 0.0188. The fraction of sp³-hybridized carbons (Fsp3) is 0.786. The smallest absolute Gasteiger partial charge is 0.242 e. The normalized spacial score (nSPS) is 24.0. The quantitative estimate of drug-likeness (QED) is 0.909. The number of amides is 1. The van der Waals surface area contributed by atoms with Gasteiger partial charge in [0.05, 0.1) is 0 Å². The van der Waals surface area contributed by atoms with Gasteiger partial charge >= 0.3 is 0 Å². The summed E-state index contributed by atoms with van der Waals surface area (Å²) in [4.78, 5) is 16.8. The Kier molecular flexibility index (Phi) is 3.41. The Morgan fingerprint density at radius 1 is 1.42 bits per heavy atom. The van der Waals surface area contributed by atoms with Crippen molar-refractivity contribution in [3.8, 4) is 0 Å². The maximum atomic E-state index is 12.3. The van der Waals surface area contributed by atoms with Crippen molar-refractivity contribution in [2.75, 3.05) is 6.54 Å². The summed E-state index contributed by atoms with van der Waals surface area (Å²) < 4.78 is 5.43. The summed E-state index contributed by atoms with van der Waals surface area (Å²) in [6, 6.07) is 0. The van der Waals surface area contributed by atoms with Gasteiger partial charge in [-0.25, -0.2) is 0 Å². The van der Waals surface area contributed by atoms with E-state index in [1.165, 1.54) is 0 Å². The van der Waals surface area contributed by atoms with E-state index < -0.39 is 5.41 Å². The highest BCUT2D eigenvalue weighted by Gasteiger charge is 2.49. The monoisotopic (exact) mass is 265 g/mol. The van der Waals surface area contributed by atoms with E-state index in [0.29, 0.717) is 24.2 Å². The summed E-state index contributed by atoms with van der Waals surface area (Å²) in [6.45, 7) is 11.0. The number of carbonyl (C=O) groups excluding carboxylic acids is 1. The van der Waals surface area contributed by atoms with Crippen LogP contribution in [0.4, 0.5) is 0 Å². The van der Waals surface area contributed by atoms with Crippen molar-refractivity contribution in [1.82, 2.24) is 15.5 Å². The lowest BCUT2D eigenvalue weighted by molar-refractivity contribution is -0.125. The minimum atomic E-state index is -0.634. The average molecular weight is 265 g/mol. The third kappa shape index (κ3) is 2.51. The highest BCUT2D eigenvalue weighted by atomic mass is 16.5. The van der Waals surface area contributed by atoms with E-state index in [1.54, 1.807) is 0 Å². The van der Waals surface area contributed by atoms with E-state index in [4.69, 9.17) is 4.52 Å². The Bertz CT molecular complexity index is 473. The van der Waals surface area contributed by atoms with Crippen LogP contribution in [0.5, 0.6) is 0 Å². The van der Waals surface area contributed by atoms with E-state index in [0.717, 1.165) is 12.8 Å². The van der Waals surface area contributed by atoms with Crippen LogP contribution < -0.4 is 5.32 Å². The molecule has 5 heteroatoms. The second kappa shape index (κ2) is 4.62. The maximum absolute atomic E-state index is 12.3. The summed E-state index contributed by atoms with van der Waals surface area (Å²) in [6.07, 6.45) is 1.47. The van der Waals surface area contributed by atoms with E-state index in [2.05, 4.69) is 29.3 Å². The molecular formula is C14H23N3O2. The lowest BCUT2D eigenvalue weighted by Gasteiger charge is -2.23. The molecule has 0 aromatic carbocycles. The van der Waals surface area contributed by atoms with Gasteiger partial charge in [0.1, 0.15) is 5.41 Å². The van der Waals surface area contributed by atoms with Crippen LogP contribution in [0, 0.1) is 5.92 Å². The molecule has 1 unspecified atom stereocenters. The van der Waals surface area contributed by atoms with E-state index in [9.17, 15) is 4.79 Å². The van der Waals surface area contributed by atoms with Crippen LogP contribution in [0.3, 0.4) is 0 Å². The number of rotatable bonds is 3. The average Bonchev–Trinajstić information content (AvgIpc) is 2.85. The third-order valence-electron chi connectivity index (χ3n) is 3.53. The maximum Gasteiger partial charge on any atom is 0.242 e. The number of nitrogens with one attached hydrogen (secondary N) is 1. The summed E-state index contributed by atoms with van der Waals surface area (Å²) in [5.74, 6) is 1.55. The zero-order valence-electron chi connectivity index (χ0n) is 12.4. The number of aromatic nitrogens is 2. The van der Waals surface area contributed by atoms with E-state index in [1.807, 2.05) is 20.8 Å². The van der Waals surface area contributed by atoms with Gasteiger partial charge in [-0.1, -0.05) is 39.8 Å². The predicted octanol–water partition coefficient (Wildman–Crippen LogP) is 2.17. The number of hydrogen-bond donors (Lipinski definition) is 1. The van der Waals surface area contributed by atoms with Crippen molar-refractivity contribution in [1.29, 1.82) is 0 Å². The molecule has 0 aliphatic carbocycles. The second-order valence-electron chi connectivity index (χ2n) is 6.86. The standard InChI is InChI=1S/C14H23N3O2/c1-9(2)8-14(6-7-15-11(14)18)12-16-10(17-19-12)13(3,4)5/h9H,6-8H2,1-5H3,(H,15,18). The van der Waals surface area contributed by atoms with Crippen molar-refractivity contribution in [2.24, 2.45) is 5.92 Å². The number of nitrogens with zero attached hydrogens (tertiary/aromatic N) is 2.